The standard InChI is InChI=1S/C22H29N5O2/c1-13(16-8-15-10-24-18(23)9-17(15)25-14(16)2)19-20(29)26-22(27(19)12-28)7-5-6-21(3,4)11-22/h9-10,12,25H,5-8,11H2,1-4H3,(H2,23,24)(H,26,29)/b19-13-. The summed E-state index contributed by atoms with van der Waals surface area (Å²) in [5.74, 6) is 0.292. The summed E-state index contributed by atoms with van der Waals surface area (Å²) in [6, 6.07) is 1.82. The van der Waals surface area contributed by atoms with Crippen molar-refractivity contribution in [2.45, 2.75) is 65.5 Å². The lowest BCUT2D eigenvalue weighted by molar-refractivity contribution is -0.123. The van der Waals surface area contributed by atoms with Crippen LogP contribution in [0.5, 0.6) is 0 Å². The maximum absolute atomic E-state index is 13.1. The fourth-order valence-electron chi connectivity index (χ4n) is 5.21. The van der Waals surface area contributed by atoms with Crippen molar-refractivity contribution in [3.05, 3.63) is 40.4 Å². The van der Waals surface area contributed by atoms with Crippen LogP contribution < -0.4 is 16.4 Å². The van der Waals surface area contributed by atoms with Crippen LogP contribution in [0.4, 0.5) is 11.5 Å². The predicted octanol–water partition coefficient (Wildman–Crippen LogP) is 3.06. The zero-order valence-electron chi connectivity index (χ0n) is 17.6. The molecule has 0 radical (unpaired) electrons. The Hall–Kier alpha value is -2.83. The van der Waals surface area contributed by atoms with Gasteiger partial charge in [0.1, 0.15) is 17.2 Å². The summed E-state index contributed by atoms with van der Waals surface area (Å²) >= 11 is 0. The molecule has 154 valence electrons. The van der Waals surface area contributed by atoms with Crippen molar-refractivity contribution in [3.8, 4) is 0 Å². The topological polar surface area (TPSA) is 100 Å². The maximum atomic E-state index is 13.1. The number of nitrogens with one attached hydrogen (secondary N) is 2. The number of allylic oxidation sites excluding steroid dienone is 3. The number of fused-ring (bicyclic) bond motifs is 1. The van der Waals surface area contributed by atoms with Gasteiger partial charge in [-0.1, -0.05) is 13.8 Å². The quantitative estimate of drug-likeness (QED) is 0.528. The number of amides is 2. The molecular weight excluding hydrogens is 366 g/mol. The van der Waals surface area contributed by atoms with Crippen molar-refractivity contribution < 1.29 is 9.59 Å². The number of aromatic nitrogens is 1. The fraction of sp³-hybridized carbons (Fsp3) is 0.500. The van der Waals surface area contributed by atoms with E-state index in [0.717, 1.165) is 60.2 Å². The van der Waals surface area contributed by atoms with Gasteiger partial charge in [-0.25, -0.2) is 4.98 Å². The summed E-state index contributed by atoms with van der Waals surface area (Å²) in [6.07, 6.45) is 6.82. The fourth-order valence-corrected chi connectivity index (χ4v) is 5.21. The molecule has 29 heavy (non-hydrogen) atoms. The lowest BCUT2D eigenvalue weighted by atomic mass is 9.71. The lowest BCUT2D eigenvalue weighted by Gasteiger charge is -2.45. The molecule has 1 atom stereocenters. The average molecular weight is 396 g/mol. The SMILES string of the molecule is CC1=C(/C(C)=C2/C(=O)NC3(CCCC(C)(C)C3)N2C=O)Cc2cnc(N)cc2N1. The normalized spacial score (nSPS) is 27.4. The van der Waals surface area contributed by atoms with Crippen molar-refractivity contribution in [1.82, 2.24) is 15.2 Å². The van der Waals surface area contributed by atoms with Gasteiger partial charge in [0.15, 0.2) is 0 Å². The second-order valence-electron chi connectivity index (χ2n) is 9.30. The third kappa shape index (κ3) is 3.18. The summed E-state index contributed by atoms with van der Waals surface area (Å²) in [7, 11) is 0. The molecule has 1 unspecified atom stereocenters. The summed E-state index contributed by atoms with van der Waals surface area (Å²) in [5, 5.41) is 6.54. The van der Waals surface area contributed by atoms with Gasteiger partial charge in [0.2, 0.25) is 6.41 Å². The van der Waals surface area contributed by atoms with Gasteiger partial charge in [-0.2, -0.15) is 0 Å². The van der Waals surface area contributed by atoms with E-state index in [1.807, 2.05) is 19.9 Å². The van der Waals surface area contributed by atoms with E-state index in [1.165, 1.54) is 0 Å². The number of hydrogen-bond acceptors (Lipinski definition) is 5. The average Bonchev–Trinajstić information content (AvgIpc) is 2.89. The van der Waals surface area contributed by atoms with Gasteiger partial charge in [0.05, 0.1) is 0 Å². The van der Waals surface area contributed by atoms with E-state index in [2.05, 4.69) is 29.5 Å². The van der Waals surface area contributed by atoms with Crippen LogP contribution in [0.25, 0.3) is 0 Å². The Morgan fingerprint density at radius 3 is 2.79 bits per heavy atom. The van der Waals surface area contributed by atoms with Crippen LogP contribution in [0.2, 0.25) is 0 Å². The molecule has 1 aliphatic carbocycles. The van der Waals surface area contributed by atoms with Gasteiger partial charge in [-0.3, -0.25) is 14.5 Å². The minimum Gasteiger partial charge on any atom is -0.384 e. The van der Waals surface area contributed by atoms with Gasteiger partial charge in [-0.05, 0) is 61.7 Å². The smallest absolute Gasteiger partial charge is 0.270 e. The Balaban J connectivity index is 1.75. The monoisotopic (exact) mass is 395 g/mol. The molecule has 7 nitrogen and oxygen atoms in total. The molecule has 0 aromatic carbocycles. The number of pyridine rings is 1. The number of nitrogen functional groups attached to an aromatic ring is 1. The first-order valence-electron chi connectivity index (χ1n) is 10.2. The number of hydrogen-bond donors (Lipinski definition) is 3. The van der Waals surface area contributed by atoms with Crippen LogP contribution in [0, 0.1) is 5.41 Å². The molecule has 1 saturated carbocycles. The van der Waals surface area contributed by atoms with Crippen molar-refractivity contribution >= 4 is 23.8 Å². The van der Waals surface area contributed by atoms with Gasteiger partial charge >= 0.3 is 0 Å². The third-order valence-corrected chi connectivity index (χ3v) is 6.54. The molecule has 2 aliphatic heterocycles. The maximum Gasteiger partial charge on any atom is 0.270 e. The van der Waals surface area contributed by atoms with Crippen molar-refractivity contribution in [2.75, 3.05) is 11.1 Å². The Morgan fingerprint density at radius 2 is 2.10 bits per heavy atom. The number of nitrogens with two attached hydrogens (primary N) is 1. The van der Waals surface area contributed by atoms with Gasteiger partial charge < -0.3 is 16.4 Å². The highest BCUT2D eigenvalue weighted by atomic mass is 16.2. The van der Waals surface area contributed by atoms with E-state index in [0.29, 0.717) is 17.9 Å². The summed E-state index contributed by atoms with van der Waals surface area (Å²) in [4.78, 5) is 31.1. The predicted molar refractivity (Wildman–Crippen MR) is 112 cm³/mol. The molecule has 1 aromatic rings. The van der Waals surface area contributed by atoms with Crippen LogP contribution in [0.15, 0.2) is 34.8 Å². The molecule has 1 aromatic heterocycles. The Morgan fingerprint density at radius 1 is 1.34 bits per heavy atom. The number of rotatable bonds is 2. The molecule has 7 heteroatoms. The molecule has 4 rings (SSSR count). The first-order valence-corrected chi connectivity index (χ1v) is 10.2. The highest BCUT2D eigenvalue weighted by molar-refractivity contribution is 6.00. The minimum atomic E-state index is -0.623. The van der Waals surface area contributed by atoms with E-state index >= 15 is 0 Å². The van der Waals surface area contributed by atoms with E-state index in [-0.39, 0.29) is 11.3 Å². The van der Waals surface area contributed by atoms with Gasteiger partial charge in [-0.15, -0.1) is 0 Å². The number of carbonyl (C=O) groups is 2. The Kier molecular flexibility index (Phi) is 4.44. The van der Waals surface area contributed by atoms with E-state index in [4.69, 9.17) is 5.73 Å². The van der Waals surface area contributed by atoms with Crippen LogP contribution >= 0.6 is 0 Å². The molecule has 1 spiro atoms. The number of nitrogens with zero attached hydrogens (tertiary/aromatic N) is 2. The Bertz CT molecular complexity index is 962. The molecule has 0 bridgehead atoms. The largest absolute Gasteiger partial charge is 0.384 e. The molecule has 2 fully saturated rings. The first-order chi connectivity index (χ1) is 13.7. The summed E-state index contributed by atoms with van der Waals surface area (Å²) in [5.41, 5.74) is 10.4. The number of anilines is 2. The van der Waals surface area contributed by atoms with Crippen molar-refractivity contribution in [1.29, 1.82) is 0 Å². The van der Waals surface area contributed by atoms with Crippen molar-refractivity contribution in [3.63, 3.8) is 0 Å². The van der Waals surface area contributed by atoms with Crippen molar-refractivity contribution in [2.24, 2.45) is 5.41 Å². The zero-order chi connectivity index (χ0) is 21.0. The van der Waals surface area contributed by atoms with Gasteiger partial charge in [0, 0.05) is 30.1 Å². The molecule has 4 N–H and O–H groups in total. The summed E-state index contributed by atoms with van der Waals surface area (Å²) < 4.78 is 0. The van der Waals surface area contributed by atoms with E-state index in [1.54, 1.807) is 11.1 Å². The molecule has 1 saturated heterocycles. The van der Waals surface area contributed by atoms with E-state index in [9.17, 15) is 9.59 Å². The van der Waals surface area contributed by atoms with Crippen LogP contribution in [0.1, 0.15) is 58.9 Å². The molecular formula is C22H29N5O2. The molecule has 3 heterocycles. The molecule has 3 aliphatic rings. The van der Waals surface area contributed by atoms with E-state index < -0.39 is 5.66 Å². The molecule has 2 amide bonds. The summed E-state index contributed by atoms with van der Waals surface area (Å²) in [6.45, 7) is 8.31. The Labute approximate surface area is 171 Å². The third-order valence-electron chi connectivity index (χ3n) is 6.54. The highest BCUT2D eigenvalue weighted by Gasteiger charge is 2.52. The first kappa shape index (κ1) is 19.5. The highest BCUT2D eigenvalue weighted by Crippen LogP contribution is 2.46. The number of carbonyl (C=O) groups excluding carboxylic acids is 2. The zero-order valence-corrected chi connectivity index (χ0v) is 17.6. The van der Waals surface area contributed by atoms with Crippen LogP contribution in [-0.4, -0.2) is 27.9 Å². The van der Waals surface area contributed by atoms with Crippen LogP contribution in [0.3, 0.4) is 0 Å². The minimum absolute atomic E-state index is 0.0717. The second-order valence-corrected chi connectivity index (χ2v) is 9.30. The second kappa shape index (κ2) is 6.61. The van der Waals surface area contributed by atoms with Gasteiger partial charge in [0.25, 0.3) is 5.91 Å². The lowest BCUT2D eigenvalue weighted by Crippen LogP contribution is -2.55. The van der Waals surface area contributed by atoms with Crippen LogP contribution in [-0.2, 0) is 16.0 Å².